The van der Waals surface area contributed by atoms with Gasteiger partial charge in [-0.15, -0.1) is 0 Å². The number of nitrogens with zero attached hydrogens (tertiary/aromatic N) is 1. The molecule has 2 N–H and O–H groups in total. The first kappa shape index (κ1) is 21.0. The molecule has 0 aliphatic carbocycles. The fourth-order valence-electron chi connectivity index (χ4n) is 3.96. The van der Waals surface area contributed by atoms with Crippen molar-refractivity contribution < 1.29 is 23.6 Å². The molecule has 31 heavy (non-hydrogen) atoms. The molecule has 4 amide bonds. The Kier molecular flexibility index (Phi) is 5.49. The number of nitrogens with one attached hydrogen (secondary N) is 2. The molecule has 9 heteroatoms. The molecule has 160 valence electrons. The van der Waals surface area contributed by atoms with Crippen LogP contribution >= 0.6 is 11.6 Å². The smallest absolute Gasteiger partial charge is 0.255 e. The minimum atomic E-state index is -0.852. The lowest BCUT2D eigenvalue weighted by molar-refractivity contribution is -0.136. The van der Waals surface area contributed by atoms with Crippen molar-refractivity contribution in [1.82, 2.24) is 15.5 Å². The second kappa shape index (κ2) is 8.11. The van der Waals surface area contributed by atoms with Gasteiger partial charge in [-0.3, -0.25) is 24.5 Å². The Balaban J connectivity index is 1.55. The normalized spacial score (nSPS) is 19.1. The maximum atomic E-state index is 15.2. The number of amides is 4. The van der Waals surface area contributed by atoms with E-state index in [-0.39, 0.29) is 36.1 Å². The maximum Gasteiger partial charge on any atom is 0.255 e. The van der Waals surface area contributed by atoms with Crippen LogP contribution in [-0.4, -0.2) is 34.6 Å². The molecule has 4 rings (SSSR count). The third-order valence-electron chi connectivity index (χ3n) is 5.61. The lowest BCUT2D eigenvalue weighted by Gasteiger charge is -2.29. The molecule has 0 aromatic heterocycles. The summed E-state index contributed by atoms with van der Waals surface area (Å²) in [4.78, 5) is 50.2. The Morgan fingerprint density at radius 2 is 1.97 bits per heavy atom. The lowest BCUT2D eigenvalue weighted by atomic mass is 10.0. The van der Waals surface area contributed by atoms with Gasteiger partial charge >= 0.3 is 0 Å². The third kappa shape index (κ3) is 3.79. The van der Waals surface area contributed by atoms with Gasteiger partial charge in [-0.05, 0) is 37.1 Å². The third-order valence-corrected chi connectivity index (χ3v) is 5.96. The first-order chi connectivity index (χ1) is 14.8. The highest BCUT2D eigenvalue weighted by Crippen LogP contribution is 2.31. The largest absolute Gasteiger partial charge is 0.345 e. The van der Waals surface area contributed by atoms with Crippen molar-refractivity contribution >= 4 is 35.2 Å². The molecular formula is C22H19ClFN3O4. The van der Waals surface area contributed by atoms with Gasteiger partial charge in [-0.1, -0.05) is 29.8 Å². The van der Waals surface area contributed by atoms with E-state index < -0.39 is 41.5 Å². The van der Waals surface area contributed by atoms with Gasteiger partial charge in [0.1, 0.15) is 11.9 Å². The molecule has 2 aromatic rings. The number of hydrogen-bond acceptors (Lipinski definition) is 4. The molecule has 1 saturated heterocycles. The maximum absolute atomic E-state index is 15.2. The van der Waals surface area contributed by atoms with Gasteiger partial charge in [0.25, 0.3) is 11.8 Å². The minimum absolute atomic E-state index is 0.0627. The second-order valence-electron chi connectivity index (χ2n) is 7.57. The van der Waals surface area contributed by atoms with Crippen LogP contribution in [0.15, 0.2) is 36.4 Å². The summed E-state index contributed by atoms with van der Waals surface area (Å²) < 4.78 is 15.2. The van der Waals surface area contributed by atoms with Crippen LogP contribution < -0.4 is 10.6 Å². The Bertz CT molecular complexity index is 1120. The van der Waals surface area contributed by atoms with E-state index in [4.69, 9.17) is 11.6 Å². The van der Waals surface area contributed by atoms with E-state index in [9.17, 15) is 19.2 Å². The molecule has 0 spiro atoms. The number of carbonyl (C=O) groups is 4. The highest BCUT2D eigenvalue weighted by molar-refractivity contribution is 6.31. The van der Waals surface area contributed by atoms with E-state index in [1.165, 1.54) is 17.0 Å². The van der Waals surface area contributed by atoms with Crippen LogP contribution in [0.3, 0.4) is 0 Å². The predicted molar refractivity (Wildman–Crippen MR) is 110 cm³/mol. The molecule has 1 unspecified atom stereocenters. The molecular weight excluding hydrogens is 425 g/mol. The minimum Gasteiger partial charge on any atom is -0.345 e. The summed E-state index contributed by atoms with van der Waals surface area (Å²) >= 11 is 6.16. The molecule has 0 bridgehead atoms. The Morgan fingerprint density at radius 3 is 2.68 bits per heavy atom. The van der Waals surface area contributed by atoms with Gasteiger partial charge in [0.15, 0.2) is 0 Å². The van der Waals surface area contributed by atoms with Crippen LogP contribution in [0.1, 0.15) is 57.7 Å². The van der Waals surface area contributed by atoms with Gasteiger partial charge in [-0.25, -0.2) is 4.39 Å². The summed E-state index contributed by atoms with van der Waals surface area (Å²) in [5.74, 6) is -2.92. The highest BCUT2D eigenvalue weighted by atomic mass is 35.5. The average molecular weight is 444 g/mol. The molecule has 2 heterocycles. The molecule has 0 radical (unpaired) electrons. The fourth-order valence-corrected chi connectivity index (χ4v) is 4.26. The van der Waals surface area contributed by atoms with Crippen LogP contribution in [0.4, 0.5) is 4.39 Å². The van der Waals surface area contributed by atoms with Gasteiger partial charge < -0.3 is 10.2 Å². The monoisotopic (exact) mass is 443 g/mol. The van der Waals surface area contributed by atoms with Gasteiger partial charge in [0.05, 0.1) is 18.2 Å². The van der Waals surface area contributed by atoms with Gasteiger partial charge in [-0.2, -0.15) is 0 Å². The number of halogens is 2. The summed E-state index contributed by atoms with van der Waals surface area (Å²) in [5.41, 5.74) is 0.666. The van der Waals surface area contributed by atoms with Crippen molar-refractivity contribution in [3.8, 4) is 0 Å². The summed E-state index contributed by atoms with van der Waals surface area (Å²) in [7, 11) is 0. The molecule has 2 aliphatic heterocycles. The number of carbonyl (C=O) groups excluding carboxylic acids is 4. The fraction of sp³-hybridized carbons (Fsp3) is 0.273. The second-order valence-corrected chi connectivity index (χ2v) is 7.98. The molecule has 2 aromatic carbocycles. The van der Waals surface area contributed by atoms with Crippen LogP contribution in [-0.2, 0) is 16.1 Å². The number of hydrogen-bond donors (Lipinski definition) is 2. The molecule has 2 aliphatic rings. The zero-order valence-electron chi connectivity index (χ0n) is 16.6. The molecule has 7 nitrogen and oxygen atoms in total. The van der Waals surface area contributed by atoms with Crippen molar-refractivity contribution in [2.24, 2.45) is 0 Å². The van der Waals surface area contributed by atoms with E-state index in [1.54, 1.807) is 31.2 Å². The van der Waals surface area contributed by atoms with Crippen molar-refractivity contribution in [3.63, 3.8) is 0 Å². The number of rotatable bonds is 4. The van der Waals surface area contributed by atoms with Crippen LogP contribution in [0, 0.1) is 5.82 Å². The topological polar surface area (TPSA) is 95.6 Å². The molecule has 0 saturated carbocycles. The van der Waals surface area contributed by atoms with Crippen LogP contribution in [0.2, 0.25) is 5.02 Å². The summed E-state index contributed by atoms with van der Waals surface area (Å²) in [6.45, 7) is 1.59. The summed E-state index contributed by atoms with van der Waals surface area (Å²) in [6.07, 6.45) is 0.279. The molecule has 1 fully saturated rings. The number of benzene rings is 2. The zero-order chi connectivity index (χ0) is 22.3. The SMILES string of the molecule is C[C@H](NC(=O)c1ccc2c(c1F)CN(C1CCC(=O)NC1=O)C2=O)c1ccccc1Cl. The number of imide groups is 1. The van der Waals surface area contributed by atoms with Crippen molar-refractivity contribution in [2.75, 3.05) is 0 Å². The molecule has 2 atom stereocenters. The van der Waals surface area contributed by atoms with Crippen LogP contribution in [0.25, 0.3) is 0 Å². The van der Waals surface area contributed by atoms with Gasteiger partial charge in [0, 0.05) is 22.6 Å². The van der Waals surface area contributed by atoms with E-state index in [0.29, 0.717) is 10.6 Å². The quantitative estimate of drug-likeness (QED) is 0.710. The van der Waals surface area contributed by atoms with Crippen LogP contribution in [0.5, 0.6) is 0 Å². The van der Waals surface area contributed by atoms with Gasteiger partial charge in [0.2, 0.25) is 11.8 Å². The zero-order valence-corrected chi connectivity index (χ0v) is 17.3. The van der Waals surface area contributed by atoms with Crippen molar-refractivity contribution in [3.05, 3.63) is 69.5 Å². The van der Waals surface area contributed by atoms with Crippen molar-refractivity contribution in [1.29, 1.82) is 0 Å². The number of piperidine rings is 1. The Morgan fingerprint density at radius 1 is 1.23 bits per heavy atom. The first-order valence-corrected chi connectivity index (χ1v) is 10.2. The average Bonchev–Trinajstić information content (AvgIpc) is 3.06. The Hall–Kier alpha value is -3.26. The predicted octanol–water partition coefficient (Wildman–Crippen LogP) is 2.73. The summed E-state index contributed by atoms with van der Waals surface area (Å²) in [5, 5.41) is 5.40. The van der Waals surface area contributed by atoms with E-state index in [2.05, 4.69) is 10.6 Å². The highest BCUT2D eigenvalue weighted by Gasteiger charge is 2.40. The van der Waals surface area contributed by atoms with E-state index >= 15 is 4.39 Å². The first-order valence-electron chi connectivity index (χ1n) is 9.79. The Labute approximate surface area is 182 Å². The van der Waals surface area contributed by atoms with Crippen molar-refractivity contribution in [2.45, 2.75) is 38.4 Å². The van der Waals surface area contributed by atoms with E-state index in [0.717, 1.165) is 0 Å². The standard InChI is InChI=1S/C22H19ClFN3O4/c1-11(12-4-2-3-5-16(12)23)25-20(29)14-7-6-13-15(19(14)24)10-27(22(13)31)17-8-9-18(28)26-21(17)30/h2-7,11,17H,8-10H2,1H3,(H,25,29)(H,26,28,30)/t11-,17?/m0/s1. The lowest BCUT2D eigenvalue weighted by Crippen LogP contribution is -2.52. The van der Waals surface area contributed by atoms with E-state index in [1.807, 2.05) is 0 Å². The number of fused-ring (bicyclic) bond motifs is 1. The summed E-state index contributed by atoms with van der Waals surface area (Å²) in [6, 6.07) is 8.36.